The molecule has 0 unspecified atom stereocenters. The average molecular weight is 343 g/mol. The normalized spacial score (nSPS) is 17.8. The Bertz CT molecular complexity index is 513. The molecule has 1 saturated carbocycles. The predicted octanol–water partition coefficient (Wildman–Crippen LogP) is 3.77. The number of aliphatic hydroxyl groups is 1. The number of hydrogen-bond acceptors (Lipinski definition) is 4. The molecule has 1 aromatic rings. The third kappa shape index (κ3) is 3.12. The minimum atomic E-state index is -0.383. The van der Waals surface area contributed by atoms with Crippen LogP contribution in [0.3, 0.4) is 0 Å². The molecule has 0 aliphatic heterocycles. The van der Waals surface area contributed by atoms with Gasteiger partial charge in [0.25, 0.3) is 5.69 Å². The summed E-state index contributed by atoms with van der Waals surface area (Å²) in [6.45, 7) is 1.80. The lowest BCUT2D eigenvalue weighted by atomic mass is 9.82. The molecule has 20 heavy (non-hydrogen) atoms. The van der Waals surface area contributed by atoms with E-state index in [0.717, 1.165) is 31.4 Å². The van der Waals surface area contributed by atoms with Gasteiger partial charge in [-0.2, -0.15) is 0 Å². The Morgan fingerprint density at radius 1 is 1.40 bits per heavy atom. The molecule has 0 atom stereocenters. The lowest BCUT2D eigenvalue weighted by Crippen LogP contribution is -2.43. The van der Waals surface area contributed by atoms with Crippen LogP contribution >= 0.6 is 15.9 Å². The van der Waals surface area contributed by atoms with E-state index in [9.17, 15) is 15.2 Å². The SMILES string of the molecule is Cc1cc(NC2(CO)CCCCC2)c(Br)cc1[N+](=O)[O-]. The molecule has 1 aliphatic rings. The third-order valence-electron chi connectivity index (χ3n) is 4.00. The van der Waals surface area contributed by atoms with Crippen LogP contribution in [0.4, 0.5) is 11.4 Å². The summed E-state index contributed by atoms with van der Waals surface area (Å²) in [6.07, 6.45) is 5.23. The van der Waals surface area contributed by atoms with Crippen molar-refractivity contribution in [3.05, 3.63) is 32.3 Å². The molecule has 5 nitrogen and oxygen atoms in total. The molecule has 0 spiro atoms. The maximum absolute atomic E-state index is 10.9. The van der Waals surface area contributed by atoms with Gasteiger partial charge in [0, 0.05) is 21.8 Å². The van der Waals surface area contributed by atoms with Gasteiger partial charge >= 0.3 is 0 Å². The Morgan fingerprint density at radius 2 is 2.05 bits per heavy atom. The number of nitrogens with one attached hydrogen (secondary N) is 1. The maximum atomic E-state index is 10.9. The molecular formula is C14H19BrN2O3. The standard InChI is InChI=1S/C14H19BrN2O3/c1-10-7-12(11(15)8-13(10)17(19)20)16-14(9-18)5-3-2-4-6-14/h7-8,16,18H,2-6,9H2,1H3. The van der Waals surface area contributed by atoms with E-state index in [2.05, 4.69) is 21.2 Å². The third-order valence-corrected chi connectivity index (χ3v) is 4.65. The number of nitro groups is 1. The van der Waals surface area contributed by atoms with Crippen molar-refractivity contribution in [3.63, 3.8) is 0 Å². The van der Waals surface area contributed by atoms with Crippen LogP contribution in [0.5, 0.6) is 0 Å². The minimum Gasteiger partial charge on any atom is -0.394 e. The first-order valence-corrected chi connectivity index (χ1v) is 7.60. The Morgan fingerprint density at radius 3 is 2.60 bits per heavy atom. The summed E-state index contributed by atoms with van der Waals surface area (Å²) in [6, 6.07) is 3.29. The molecule has 0 amide bonds. The van der Waals surface area contributed by atoms with Gasteiger partial charge in [-0.1, -0.05) is 19.3 Å². The molecule has 0 heterocycles. The van der Waals surface area contributed by atoms with Crippen LogP contribution in [0.25, 0.3) is 0 Å². The Kier molecular flexibility index (Phi) is 4.65. The van der Waals surface area contributed by atoms with Gasteiger partial charge in [-0.3, -0.25) is 10.1 Å². The van der Waals surface area contributed by atoms with Crippen molar-refractivity contribution in [2.45, 2.75) is 44.6 Å². The number of benzene rings is 1. The predicted molar refractivity (Wildman–Crippen MR) is 82.1 cm³/mol. The number of anilines is 1. The summed E-state index contributed by atoms with van der Waals surface area (Å²) < 4.78 is 0.660. The van der Waals surface area contributed by atoms with Crippen molar-refractivity contribution in [1.82, 2.24) is 0 Å². The van der Waals surface area contributed by atoms with Gasteiger partial charge in [-0.05, 0) is 41.8 Å². The number of hydrogen-bond donors (Lipinski definition) is 2. The molecule has 1 aromatic carbocycles. The van der Waals surface area contributed by atoms with Gasteiger partial charge in [-0.15, -0.1) is 0 Å². The zero-order chi connectivity index (χ0) is 14.8. The van der Waals surface area contributed by atoms with Crippen LogP contribution in [0.15, 0.2) is 16.6 Å². The van der Waals surface area contributed by atoms with Crippen molar-refractivity contribution in [1.29, 1.82) is 0 Å². The molecular weight excluding hydrogens is 324 g/mol. The van der Waals surface area contributed by atoms with Gasteiger partial charge in [0.2, 0.25) is 0 Å². The summed E-state index contributed by atoms with van der Waals surface area (Å²) >= 11 is 3.38. The summed E-state index contributed by atoms with van der Waals surface area (Å²) in [5.41, 5.74) is 1.22. The highest BCUT2D eigenvalue weighted by molar-refractivity contribution is 9.10. The summed E-state index contributed by atoms with van der Waals surface area (Å²) in [5, 5.41) is 24.0. The molecule has 110 valence electrons. The average Bonchev–Trinajstić information content (AvgIpc) is 2.43. The number of aryl methyl sites for hydroxylation is 1. The number of halogens is 1. The van der Waals surface area contributed by atoms with Crippen LogP contribution < -0.4 is 5.32 Å². The second-order valence-electron chi connectivity index (χ2n) is 5.50. The fourth-order valence-corrected chi connectivity index (χ4v) is 3.23. The summed E-state index contributed by atoms with van der Waals surface area (Å²) in [4.78, 5) is 10.5. The lowest BCUT2D eigenvalue weighted by Gasteiger charge is -2.37. The van der Waals surface area contributed by atoms with Crippen molar-refractivity contribution in [3.8, 4) is 0 Å². The number of rotatable bonds is 4. The van der Waals surface area contributed by atoms with Crippen LogP contribution in [-0.2, 0) is 0 Å². The molecule has 2 rings (SSSR count). The smallest absolute Gasteiger partial charge is 0.273 e. The molecule has 0 aromatic heterocycles. The number of nitro benzene ring substituents is 1. The van der Waals surface area contributed by atoms with Crippen LogP contribution in [0, 0.1) is 17.0 Å². The molecule has 6 heteroatoms. The fraction of sp³-hybridized carbons (Fsp3) is 0.571. The van der Waals surface area contributed by atoms with Gasteiger partial charge < -0.3 is 10.4 Å². The van der Waals surface area contributed by atoms with Gasteiger partial charge in [0.15, 0.2) is 0 Å². The highest BCUT2D eigenvalue weighted by Crippen LogP contribution is 2.36. The topological polar surface area (TPSA) is 75.4 Å². The first-order valence-electron chi connectivity index (χ1n) is 6.81. The second kappa shape index (κ2) is 6.10. The fourth-order valence-electron chi connectivity index (χ4n) is 2.80. The highest BCUT2D eigenvalue weighted by atomic mass is 79.9. The van der Waals surface area contributed by atoms with E-state index in [1.165, 1.54) is 12.5 Å². The summed E-state index contributed by atoms with van der Waals surface area (Å²) in [7, 11) is 0. The van der Waals surface area contributed by atoms with Crippen molar-refractivity contribution >= 4 is 27.3 Å². The van der Waals surface area contributed by atoms with Crippen LogP contribution in [0.1, 0.15) is 37.7 Å². The van der Waals surface area contributed by atoms with Crippen molar-refractivity contribution < 1.29 is 10.0 Å². The van der Waals surface area contributed by atoms with E-state index in [4.69, 9.17) is 0 Å². The number of nitrogens with zero attached hydrogens (tertiary/aromatic N) is 1. The quantitative estimate of drug-likeness (QED) is 0.645. The van der Waals surface area contributed by atoms with Crippen molar-refractivity contribution in [2.75, 3.05) is 11.9 Å². The molecule has 1 aliphatic carbocycles. The first-order chi connectivity index (χ1) is 9.47. The lowest BCUT2D eigenvalue weighted by molar-refractivity contribution is -0.385. The van der Waals surface area contributed by atoms with Crippen LogP contribution in [0.2, 0.25) is 0 Å². The van der Waals surface area contributed by atoms with E-state index in [1.54, 1.807) is 13.0 Å². The van der Waals surface area contributed by atoms with Crippen LogP contribution in [-0.4, -0.2) is 22.2 Å². The summed E-state index contributed by atoms with van der Waals surface area (Å²) in [5.74, 6) is 0. The highest BCUT2D eigenvalue weighted by Gasteiger charge is 2.32. The minimum absolute atomic E-state index is 0.0788. The van der Waals surface area contributed by atoms with E-state index >= 15 is 0 Å². The molecule has 2 N–H and O–H groups in total. The molecule has 0 bridgehead atoms. The van der Waals surface area contributed by atoms with Crippen molar-refractivity contribution in [2.24, 2.45) is 0 Å². The number of aliphatic hydroxyl groups excluding tert-OH is 1. The van der Waals surface area contributed by atoms with Gasteiger partial charge in [-0.25, -0.2) is 0 Å². The Labute approximate surface area is 126 Å². The monoisotopic (exact) mass is 342 g/mol. The largest absolute Gasteiger partial charge is 0.394 e. The second-order valence-corrected chi connectivity index (χ2v) is 6.35. The Balaban J connectivity index is 2.29. The van der Waals surface area contributed by atoms with Gasteiger partial charge in [0.1, 0.15) is 0 Å². The van der Waals surface area contributed by atoms with E-state index in [0.29, 0.717) is 10.0 Å². The zero-order valence-electron chi connectivity index (χ0n) is 11.5. The van der Waals surface area contributed by atoms with E-state index in [-0.39, 0.29) is 22.8 Å². The molecule has 0 radical (unpaired) electrons. The first kappa shape index (κ1) is 15.3. The molecule has 0 saturated heterocycles. The zero-order valence-corrected chi connectivity index (χ0v) is 13.1. The maximum Gasteiger partial charge on any atom is 0.273 e. The van der Waals surface area contributed by atoms with Gasteiger partial charge in [0.05, 0.1) is 17.1 Å². The van der Waals surface area contributed by atoms with E-state index in [1.807, 2.05) is 0 Å². The van der Waals surface area contributed by atoms with E-state index < -0.39 is 0 Å². The Hall–Kier alpha value is -1.14. The molecule has 1 fully saturated rings.